The van der Waals surface area contributed by atoms with E-state index in [9.17, 15) is 24.5 Å². The van der Waals surface area contributed by atoms with Gasteiger partial charge in [-0.2, -0.15) is 5.01 Å². The van der Waals surface area contributed by atoms with Crippen LogP contribution in [0.2, 0.25) is 0 Å². The zero-order valence-corrected chi connectivity index (χ0v) is 13.7. The van der Waals surface area contributed by atoms with Gasteiger partial charge in [-0.3, -0.25) is 29.9 Å². The number of carbonyl (C=O) groups excluding carboxylic acids is 3. The number of rotatable bonds is 3. The highest BCUT2D eigenvalue weighted by molar-refractivity contribution is 6.26. The smallest absolute Gasteiger partial charge is 0.267 e. The average Bonchev–Trinajstić information content (AvgIpc) is 2.69. The Bertz CT molecular complexity index is 1120. The maximum atomic E-state index is 12.8. The summed E-state index contributed by atoms with van der Waals surface area (Å²) in [6, 6.07) is 15.1. The lowest BCUT2D eigenvalue weighted by Gasteiger charge is -2.27. The van der Waals surface area contributed by atoms with E-state index in [-0.39, 0.29) is 33.2 Å². The maximum Gasteiger partial charge on any atom is 0.280 e. The predicted molar refractivity (Wildman–Crippen MR) is 95.0 cm³/mol. The van der Waals surface area contributed by atoms with Crippen molar-refractivity contribution < 1.29 is 19.3 Å². The molecule has 0 aliphatic carbocycles. The molecule has 3 amide bonds. The van der Waals surface area contributed by atoms with Crippen molar-refractivity contribution in [2.24, 2.45) is 0 Å². The molecule has 3 aromatic rings. The molecule has 27 heavy (non-hydrogen) atoms. The molecule has 8 heteroatoms. The van der Waals surface area contributed by atoms with Gasteiger partial charge in [0.15, 0.2) is 0 Å². The van der Waals surface area contributed by atoms with Crippen molar-refractivity contribution in [3.05, 3.63) is 87.5 Å². The third-order valence-electron chi connectivity index (χ3n) is 4.33. The summed E-state index contributed by atoms with van der Waals surface area (Å²) in [5.74, 6) is -2.11. The Hall–Kier alpha value is -4.07. The molecular weight excluding hydrogens is 350 g/mol. The van der Waals surface area contributed by atoms with E-state index in [1.165, 1.54) is 30.3 Å². The Labute approximate surface area is 152 Å². The number of nitro groups is 1. The fourth-order valence-electron chi connectivity index (χ4n) is 3.10. The number of benzene rings is 3. The van der Waals surface area contributed by atoms with E-state index in [0.29, 0.717) is 5.01 Å². The number of non-ortho nitro benzene ring substituents is 1. The maximum absolute atomic E-state index is 12.8. The topological polar surface area (TPSA) is 110 Å². The number of hydrazine groups is 1. The highest BCUT2D eigenvalue weighted by Crippen LogP contribution is 2.34. The number of nitro benzene ring substituents is 1. The fourth-order valence-corrected chi connectivity index (χ4v) is 3.10. The predicted octanol–water partition coefficient (Wildman–Crippen LogP) is 2.69. The minimum absolute atomic E-state index is 0.110. The van der Waals surface area contributed by atoms with Crippen molar-refractivity contribution in [1.82, 2.24) is 10.4 Å². The van der Waals surface area contributed by atoms with E-state index in [0.717, 1.165) is 0 Å². The molecule has 132 valence electrons. The Morgan fingerprint density at radius 3 is 2.22 bits per heavy atom. The molecular formula is C19H11N3O5. The number of carbonyl (C=O) groups is 3. The molecule has 0 radical (unpaired) electrons. The van der Waals surface area contributed by atoms with Crippen LogP contribution in [0.5, 0.6) is 0 Å². The van der Waals surface area contributed by atoms with Gasteiger partial charge in [-0.15, -0.1) is 0 Å². The molecule has 1 aliphatic rings. The van der Waals surface area contributed by atoms with Gasteiger partial charge in [0.2, 0.25) is 0 Å². The molecule has 0 saturated heterocycles. The molecule has 0 bridgehead atoms. The second-order valence-corrected chi connectivity index (χ2v) is 5.87. The van der Waals surface area contributed by atoms with Crippen LogP contribution in [0, 0.1) is 10.1 Å². The van der Waals surface area contributed by atoms with Gasteiger partial charge >= 0.3 is 0 Å². The van der Waals surface area contributed by atoms with Crippen LogP contribution in [0.1, 0.15) is 31.1 Å². The first-order chi connectivity index (χ1) is 13.0. The molecule has 0 saturated carbocycles. The van der Waals surface area contributed by atoms with Crippen LogP contribution in [0.25, 0.3) is 10.8 Å². The Morgan fingerprint density at radius 1 is 0.889 bits per heavy atom. The van der Waals surface area contributed by atoms with E-state index in [1.807, 2.05) is 0 Å². The lowest BCUT2D eigenvalue weighted by Crippen LogP contribution is -2.51. The number of nitrogens with one attached hydrogen (secondary N) is 1. The van der Waals surface area contributed by atoms with Gasteiger partial charge in [0.25, 0.3) is 23.4 Å². The first-order valence-electron chi connectivity index (χ1n) is 7.94. The Kier molecular flexibility index (Phi) is 3.66. The molecule has 0 unspecified atom stereocenters. The van der Waals surface area contributed by atoms with Gasteiger partial charge in [-0.1, -0.05) is 24.3 Å². The summed E-state index contributed by atoms with van der Waals surface area (Å²) in [7, 11) is 0. The van der Waals surface area contributed by atoms with Crippen LogP contribution in [-0.4, -0.2) is 27.7 Å². The van der Waals surface area contributed by atoms with Crippen LogP contribution in [0.15, 0.2) is 60.7 Å². The van der Waals surface area contributed by atoms with E-state index < -0.39 is 22.6 Å². The van der Waals surface area contributed by atoms with Gasteiger partial charge in [-0.25, -0.2) is 0 Å². The summed E-state index contributed by atoms with van der Waals surface area (Å²) in [4.78, 5) is 48.6. The Morgan fingerprint density at radius 2 is 1.56 bits per heavy atom. The van der Waals surface area contributed by atoms with Gasteiger partial charge in [0.1, 0.15) is 0 Å². The normalized spacial score (nSPS) is 13.0. The highest BCUT2D eigenvalue weighted by Gasteiger charge is 2.35. The second-order valence-electron chi connectivity index (χ2n) is 5.87. The van der Waals surface area contributed by atoms with E-state index in [1.54, 1.807) is 30.3 Å². The lowest BCUT2D eigenvalue weighted by molar-refractivity contribution is -0.383. The van der Waals surface area contributed by atoms with Crippen LogP contribution in [-0.2, 0) is 0 Å². The summed E-state index contributed by atoms with van der Waals surface area (Å²) >= 11 is 0. The van der Waals surface area contributed by atoms with Gasteiger partial charge < -0.3 is 0 Å². The zero-order valence-electron chi connectivity index (χ0n) is 13.7. The van der Waals surface area contributed by atoms with Crippen molar-refractivity contribution >= 4 is 34.2 Å². The standard InChI is InChI=1S/C19H11N3O5/c23-17(11-5-2-1-3-6-11)20-21-18(24)13-8-4-7-12-15(22(26)27)10-9-14(16(12)13)19(21)25/h1-10H,(H,20,23). The van der Waals surface area contributed by atoms with Crippen molar-refractivity contribution in [1.29, 1.82) is 0 Å². The molecule has 8 nitrogen and oxygen atoms in total. The molecule has 0 spiro atoms. The molecule has 0 fully saturated rings. The van der Waals surface area contributed by atoms with Crippen LogP contribution < -0.4 is 5.43 Å². The minimum Gasteiger partial charge on any atom is -0.267 e. The van der Waals surface area contributed by atoms with Gasteiger partial charge in [0.05, 0.1) is 21.4 Å². The van der Waals surface area contributed by atoms with Gasteiger partial charge in [0, 0.05) is 17.0 Å². The number of imide groups is 1. The van der Waals surface area contributed by atoms with E-state index >= 15 is 0 Å². The quantitative estimate of drug-likeness (QED) is 0.438. The molecule has 3 aromatic carbocycles. The first-order valence-corrected chi connectivity index (χ1v) is 7.94. The summed E-state index contributed by atoms with van der Waals surface area (Å²) in [5, 5.41) is 12.3. The highest BCUT2D eigenvalue weighted by atomic mass is 16.6. The molecule has 4 rings (SSSR count). The third kappa shape index (κ3) is 2.51. The van der Waals surface area contributed by atoms with E-state index in [4.69, 9.17) is 0 Å². The summed E-state index contributed by atoms with van der Waals surface area (Å²) < 4.78 is 0. The second kappa shape index (κ2) is 6.03. The Balaban J connectivity index is 1.80. The molecule has 1 N–H and O–H groups in total. The monoisotopic (exact) mass is 361 g/mol. The van der Waals surface area contributed by atoms with E-state index in [2.05, 4.69) is 5.43 Å². The molecule has 1 aliphatic heterocycles. The van der Waals surface area contributed by atoms with Crippen LogP contribution >= 0.6 is 0 Å². The fraction of sp³-hybridized carbons (Fsp3) is 0. The number of amides is 3. The molecule has 1 heterocycles. The van der Waals surface area contributed by atoms with Crippen molar-refractivity contribution in [2.75, 3.05) is 0 Å². The number of hydrogen-bond acceptors (Lipinski definition) is 5. The van der Waals surface area contributed by atoms with Crippen molar-refractivity contribution in [2.45, 2.75) is 0 Å². The van der Waals surface area contributed by atoms with Crippen molar-refractivity contribution in [3.63, 3.8) is 0 Å². The third-order valence-corrected chi connectivity index (χ3v) is 4.33. The van der Waals surface area contributed by atoms with Crippen molar-refractivity contribution in [3.8, 4) is 0 Å². The largest absolute Gasteiger partial charge is 0.280 e. The SMILES string of the molecule is O=C(NN1C(=O)c2cccc3c([N+](=O)[O-])ccc(c23)C1=O)c1ccccc1. The average molecular weight is 361 g/mol. The summed E-state index contributed by atoms with van der Waals surface area (Å²) in [5.41, 5.74) is 2.62. The molecule has 0 atom stereocenters. The minimum atomic E-state index is -0.747. The summed E-state index contributed by atoms with van der Waals surface area (Å²) in [6.45, 7) is 0. The number of hydrogen-bond donors (Lipinski definition) is 1. The lowest BCUT2D eigenvalue weighted by atomic mass is 9.94. The zero-order chi connectivity index (χ0) is 19.1. The number of nitrogens with zero attached hydrogens (tertiary/aromatic N) is 2. The van der Waals surface area contributed by atoms with Gasteiger partial charge in [-0.05, 0) is 30.3 Å². The molecule has 0 aromatic heterocycles. The van der Waals surface area contributed by atoms with Crippen LogP contribution in [0.3, 0.4) is 0 Å². The van der Waals surface area contributed by atoms with Crippen LogP contribution in [0.4, 0.5) is 5.69 Å². The first kappa shape index (κ1) is 16.4. The summed E-state index contributed by atoms with van der Waals surface area (Å²) in [6.07, 6.45) is 0.